The van der Waals surface area contributed by atoms with E-state index in [2.05, 4.69) is 15.3 Å². The second kappa shape index (κ2) is 7.77. The fourth-order valence-electron chi connectivity index (χ4n) is 2.41. The van der Waals surface area contributed by atoms with Crippen molar-refractivity contribution in [3.05, 3.63) is 82.8 Å². The van der Waals surface area contributed by atoms with Gasteiger partial charge in [0.05, 0.1) is 17.9 Å². The van der Waals surface area contributed by atoms with Crippen LogP contribution in [0.5, 0.6) is 0 Å². The molecular weight excluding hydrogens is 336 g/mol. The zero-order valence-corrected chi connectivity index (χ0v) is 14.2. The lowest BCUT2D eigenvalue weighted by Gasteiger charge is -2.09. The first kappa shape index (κ1) is 16.9. The van der Waals surface area contributed by atoms with Gasteiger partial charge in [0.2, 0.25) is 0 Å². The van der Waals surface area contributed by atoms with E-state index in [4.69, 9.17) is 17.3 Å². The highest BCUT2D eigenvalue weighted by molar-refractivity contribution is 6.30. The van der Waals surface area contributed by atoms with Crippen molar-refractivity contribution in [2.75, 3.05) is 11.1 Å². The molecule has 3 N–H and O–H groups in total. The second-order valence-electron chi connectivity index (χ2n) is 5.55. The molecule has 3 rings (SSSR count). The van der Waals surface area contributed by atoms with E-state index < -0.39 is 0 Å². The van der Waals surface area contributed by atoms with Crippen molar-refractivity contribution in [3.8, 4) is 0 Å². The van der Waals surface area contributed by atoms with Gasteiger partial charge in [0.25, 0.3) is 0 Å². The van der Waals surface area contributed by atoms with E-state index in [1.165, 1.54) is 0 Å². The summed E-state index contributed by atoms with van der Waals surface area (Å²) in [7, 11) is 0. The molecule has 0 saturated heterocycles. The number of nitrogens with zero attached hydrogens (tertiary/aromatic N) is 2. The summed E-state index contributed by atoms with van der Waals surface area (Å²) in [4.78, 5) is 20.7. The number of hydrogen-bond donors (Lipinski definition) is 2. The summed E-state index contributed by atoms with van der Waals surface area (Å²) in [6.45, 7) is 0.499. The number of carbonyl (C=O) groups is 1. The molecule has 5 nitrogen and oxygen atoms in total. The Kier molecular flexibility index (Phi) is 5.26. The first-order chi connectivity index (χ1) is 12.1. The standard InChI is InChI=1S/C19H17ClN4O/c20-15-5-3-14(4-6-15)18(25)11-13-7-9-22-16(10-13)12-24-17-2-1-8-23-19(17)21/h1-10,24H,11-12H2,(H2,21,23). The summed E-state index contributed by atoms with van der Waals surface area (Å²) in [6, 6.07) is 14.3. The fraction of sp³-hybridized carbons (Fsp3) is 0.105. The summed E-state index contributed by atoms with van der Waals surface area (Å²) >= 11 is 5.85. The number of hydrogen-bond acceptors (Lipinski definition) is 5. The molecule has 6 heteroatoms. The molecule has 0 aliphatic heterocycles. The summed E-state index contributed by atoms with van der Waals surface area (Å²) in [5.41, 5.74) is 8.94. The Bertz CT molecular complexity index is 881. The van der Waals surface area contributed by atoms with E-state index in [1.807, 2.05) is 24.3 Å². The van der Waals surface area contributed by atoms with E-state index in [0.29, 0.717) is 29.4 Å². The number of pyridine rings is 2. The Morgan fingerprint density at radius 2 is 1.88 bits per heavy atom. The summed E-state index contributed by atoms with van der Waals surface area (Å²) < 4.78 is 0. The van der Waals surface area contributed by atoms with Gasteiger partial charge in [-0.2, -0.15) is 0 Å². The number of ketones is 1. The summed E-state index contributed by atoms with van der Waals surface area (Å²) in [6.07, 6.45) is 3.65. The largest absolute Gasteiger partial charge is 0.382 e. The van der Waals surface area contributed by atoms with Crippen molar-refractivity contribution < 1.29 is 4.79 Å². The fourth-order valence-corrected chi connectivity index (χ4v) is 2.54. The number of halogens is 1. The molecular formula is C19H17ClN4O. The molecule has 0 bridgehead atoms. The first-order valence-electron chi connectivity index (χ1n) is 7.79. The van der Waals surface area contributed by atoms with E-state index in [9.17, 15) is 4.79 Å². The van der Waals surface area contributed by atoms with Gasteiger partial charge >= 0.3 is 0 Å². The molecule has 2 aromatic heterocycles. The number of nitrogens with one attached hydrogen (secondary N) is 1. The van der Waals surface area contributed by atoms with E-state index in [1.54, 1.807) is 36.7 Å². The molecule has 0 spiro atoms. The van der Waals surface area contributed by atoms with Gasteiger partial charge in [-0.3, -0.25) is 9.78 Å². The van der Waals surface area contributed by atoms with Gasteiger partial charge in [-0.05, 0) is 54.1 Å². The van der Waals surface area contributed by atoms with Crippen molar-refractivity contribution in [2.24, 2.45) is 0 Å². The molecule has 3 aromatic rings. The van der Waals surface area contributed by atoms with Crippen molar-refractivity contribution in [1.82, 2.24) is 9.97 Å². The van der Waals surface area contributed by atoms with Crippen LogP contribution >= 0.6 is 11.6 Å². The van der Waals surface area contributed by atoms with Gasteiger partial charge in [0.1, 0.15) is 5.82 Å². The quantitative estimate of drug-likeness (QED) is 0.660. The molecule has 0 unspecified atom stereocenters. The smallest absolute Gasteiger partial charge is 0.167 e. The monoisotopic (exact) mass is 352 g/mol. The van der Waals surface area contributed by atoms with E-state index in [0.717, 1.165) is 16.9 Å². The molecule has 0 aliphatic rings. The SMILES string of the molecule is Nc1ncccc1NCc1cc(CC(=O)c2ccc(Cl)cc2)ccn1. The molecule has 0 radical (unpaired) electrons. The maximum Gasteiger partial charge on any atom is 0.167 e. The Balaban J connectivity index is 1.66. The molecule has 25 heavy (non-hydrogen) atoms. The van der Waals surface area contributed by atoms with Crippen LogP contribution in [0.2, 0.25) is 5.02 Å². The van der Waals surface area contributed by atoms with Gasteiger partial charge in [-0.1, -0.05) is 11.6 Å². The van der Waals surface area contributed by atoms with Crippen LogP contribution in [0, 0.1) is 0 Å². The highest BCUT2D eigenvalue weighted by Crippen LogP contribution is 2.16. The average Bonchev–Trinajstić information content (AvgIpc) is 2.62. The Morgan fingerprint density at radius 1 is 1.08 bits per heavy atom. The normalized spacial score (nSPS) is 10.4. The lowest BCUT2D eigenvalue weighted by molar-refractivity contribution is 0.0993. The number of carbonyl (C=O) groups excluding carboxylic acids is 1. The predicted molar refractivity (Wildman–Crippen MR) is 99.7 cm³/mol. The minimum atomic E-state index is 0.0401. The van der Waals surface area contributed by atoms with Crippen LogP contribution < -0.4 is 11.1 Å². The van der Waals surface area contributed by atoms with E-state index in [-0.39, 0.29) is 5.78 Å². The number of nitrogen functional groups attached to an aromatic ring is 1. The lowest BCUT2D eigenvalue weighted by atomic mass is 10.0. The Morgan fingerprint density at radius 3 is 2.64 bits per heavy atom. The number of aromatic nitrogens is 2. The number of anilines is 2. The number of benzene rings is 1. The summed E-state index contributed by atoms with van der Waals surface area (Å²) in [5.74, 6) is 0.481. The Labute approximate surface area is 150 Å². The van der Waals surface area contributed by atoms with Crippen molar-refractivity contribution in [3.63, 3.8) is 0 Å². The molecule has 0 aliphatic carbocycles. The highest BCUT2D eigenvalue weighted by Gasteiger charge is 2.08. The topological polar surface area (TPSA) is 80.9 Å². The lowest BCUT2D eigenvalue weighted by Crippen LogP contribution is -2.07. The molecule has 0 fully saturated rings. The molecule has 2 heterocycles. The van der Waals surface area contributed by atoms with Gasteiger partial charge in [-0.15, -0.1) is 0 Å². The maximum absolute atomic E-state index is 12.4. The molecule has 0 saturated carbocycles. The van der Waals surface area contributed by atoms with Crippen LogP contribution in [0.3, 0.4) is 0 Å². The van der Waals surface area contributed by atoms with Crippen LogP contribution in [0.4, 0.5) is 11.5 Å². The van der Waals surface area contributed by atoms with Crippen LogP contribution in [0.1, 0.15) is 21.6 Å². The minimum Gasteiger partial charge on any atom is -0.382 e. The third kappa shape index (κ3) is 4.55. The maximum atomic E-state index is 12.4. The van der Waals surface area contributed by atoms with Gasteiger partial charge < -0.3 is 11.1 Å². The third-order valence-corrected chi connectivity index (χ3v) is 3.96. The van der Waals surface area contributed by atoms with Crippen LogP contribution in [0.15, 0.2) is 60.9 Å². The average molecular weight is 353 g/mol. The third-order valence-electron chi connectivity index (χ3n) is 3.71. The molecule has 0 atom stereocenters. The molecule has 1 aromatic carbocycles. The van der Waals surface area contributed by atoms with Crippen LogP contribution in [-0.2, 0) is 13.0 Å². The van der Waals surface area contributed by atoms with E-state index >= 15 is 0 Å². The summed E-state index contributed by atoms with van der Waals surface area (Å²) in [5, 5.41) is 3.81. The van der Waals surface area contributed by atoms with Crippen molar-refractivity contribution >= 4 is 28.9 Å². The van der Waals surface area contributed by atoms with Crippen molar-refractivity contribution in [1.29, 1.82) is 0 Å². The van der Waals surface area contributed by atoms with Gasteiger partial charge in [0, 0.05) is 29.4 Å². The predicted octanol–water partition coefficient (Wildman–Crippen LogP) is 3.75. The zero-order chi connectivity index (χ0) is 17.6. The highest BCUT2D eigenvalue weighted by atomic mass is 35.5. The van der Waals surface area contributed by atoms with Gasteiger partial charge in [0.15, 0.2) is 5.78 Å². The number of nitrogens with two attached hydrogens (primary N) is 1. The Hall–Kier alpha value is -2.92. The van der Waals surface area contributed by atoms with Gasteiger partial charge in [-0.25, -0.2) is 4.98 Å². The second-order valence-corrected chi connectivity index (χ2v) is 5.99. The minimum absolute atomic E-state index is 0.0401. The van der Waals surface area contributed by atoms with Crippen LogP contribution in [-0.4, -0.2) is 15.8 Å². The van der Waals surface area contributed by atoms with Crippen LogP contribution in [0.25, 0.3) is 0 Å². The zero-order valence-electron chi connectivity index (χ0n) is 13.4. The number of rotatable bonds is 6. The number of Topliss-reactive ketones (excluding diaryl/α,β-unsaturated/α-hetero) is 1. The molecule has 0 amide bonds. The van der Waals surface area contributed by atoms with Crippen molar-refractivity contribution in [2.45, 2.75) is 13.0 Å². The first-order valence-corrected chi connectivity index (χ1v) is 8.16. The molecule has 126 valence electrons.